The third-order valence-corrected chi connectivity index (χ3v) is 4.58. The van der Waals surface area contributed by atoms with E-state index >= 15 is 0 Å². The van der Waals surface area contributed by atoms with Gasteiger partial charge in [-0.05, 0) is 40.9 Å². The first kappa shape index (κ1) is 22.6. The molecule has 6 nitrogen and oxygen atoms in total. The summed E-state index contributed by atoms with van der Waals surface area (Å²) >= 11 is 1.81. The fourth-order valence-electron chi connectivity index (χ4n) is 1.80. The van der Waals surface area contributed by atoms with Crippen molar-refractivity contribution in [2.24, 2.45) is 4.99 Å². The van der Waals surface area contributed by atoms with Crippen LogP contribution in [-0.2, 0) is 4.74 Å². The summed E-state index contributed by atoms with van der Waals surface area (Å²) in [5.74, 6) is 0.774. The Balaban J connectivity index is 0.00000484. The van der Waals surface area contributed by atoms with Gasteiger partial charge in [0.25, 0.3) is 0 Å². The minimum atomic E-state index is -0.448. The van der Waals surface area contributed by atoms with Crippen LogP contribution < -0.4 is 10.6 Å². The van der Waals surface area contributed by atoms with Gasteiger partial charge in [0, 0.05) is 31.4 Å². The van der Waals surface area contributed by atoms with Crippen molar-refractivity contribution in [2.75, 3.05) is 32.9 Å². The number of amides is 1. The number of likely N-dealkylation sites (tertiary alicyclic amines) is 1. The molecule has 0 bridgehead atoms. The van der Waals surface area contributed by atoms with Crippen LogP contribution in [0.2, 0.25) is 0 Å². The first-order valence-electron chi connectivity index (χ1n) is 7.56. The maximum atomic E-state index is 11.9. The van der Waals surface area contributed by atoms with Gasteiger partial charge in [0.15, 0.2) is 5.96 Å². The molecule has 23 heavy (non-hydrogen) atoms. The Hall–Kier alpha value is -0.380. The lowest BCUT2D eigenvalue weighted by atomic mass is 10.1. The molecule has 0 aromatic heterocycles. The third-order valence-electron chi connectivity index (χ3n) is 3.33. The van der Waals surface area contributed by atoms with Gasteiger partial charge < -0.3 is 20.3 Å². The number of nitrogens with zero attached hydrogens (tertiary/aromatic N) is 2. The number of carbonyl (C=O) groups is 1. The van der Waals surface area contributed by atoms with Crippen LogP contribution >= 0.6 is 35.7 Å². The average molecular weight is 458 g/mol. The molecule has 0 spiro atoms. The highest BCUT2D eigenvalue weighted by atomic mass is 127. The number of ether oxygens (including phenoxy) is 1. The van der Waals surface area contributed by atoms with Crippen molar-refractivity contribution in [3.05, 3.63) is 0 Å². The standard InChI is InChI=1S/C15H30N4O2S.HI/c1-14(2,3)21-13(20)19-8-11(9-19)18-12(16-6)17-10-15(4,5)22-7;/h11H,8-10H2,1-7H3,(H2,16,17,18);1H. The molecule has 0 aromatic rings. The van der Waals surface area contributed by atoms with Crippen molar-refractivity contribution in [1.29, 1.82) is 0 Å². The Morgan fingerprint density at radius 1 is 1.30 bits per heavy atom. The molecule has 0 radical (unpaired) electrons. The zero-order valence-electron chi connectivity index (χ0n) is 15.2. The minimum Gasteiger partial charge on any atom is -0.444 e. The second kappa shape index (κ2) is 9.19. The SMILES string of the molecule is CN=C(NCC(C)(C)SC)NC1CN(C(=O)OC(C)(C)C)C1.I. The van der Waals surface area contributed by atoms with E-state index in [4.69, 9.17) is 4.74 Å². The number of thioether (sulfide) groups is 1. The number of halogens is 1. The van der Waals surface area contributed by atoms with Crippen LogP contribution in [0.4, 0.5) is 4.79 Å². The van der Waals surface area contributed by atoms with Crippen LogP contribution in [0.3, 0.4) is 0 Å². The van der Waals surface area contributed by atoms with E-state index in [1.165, 1.54) is 0 Å². The molecule has 136 valence electrons. The number of aliphatic imine (C=N–C) groups is 1. The molecule has 8 heteroatoms. The lowest BCUT2D eigenvalue weighted by molar-refractivity contribution is 0.00701. The number of carbonyl (C=O) groups excluding carboxylic acids is 1. The summed E-state index contributed by atoms with van der Waals surface area (Å²) < 4.78 is 5.49. The van der Waals surface area contributed by atoms with Gasteiger partial charge in [-0.15, -0.1) is 24.0 Å². The van der Waals surface area contributed by atoms with Crippen molar-refractivity contribution in [3.8, 4) is 0 Å². The van der Waals surface area contributed by atoms with Crippen molar-refractivity contribution < 1.29 is 9.53 Å². The smallest absolute Gasteiger partial charge is 0.410 e. The summed E-state index contributed by atoms with van der Waals surface area (Å²) in [4.78, 5) is 17.8. The van der Waals surface area contributed by atoms with E-state index in [0.29, 0.717) is 13.1 Å². The van der Waals surface area contributed by atoms with Gasteiger partial charge in [0.2, 0.25) is 0 Å². The van der Waals surface area contributed by atoms with Crippen LogP contribution in [0.1, 0.15) is 34.6 Å². The minimum absolute atomic E-state index is 0. The summed E-state index contributed by atoms with van der Waals surface area (Å²) in [5.41, 5.74) is -0.448. The van der Waals surface area contributed by atoms with Crippen LogP contribution in [0.25, 0.3) is 0 Å². The summed E-state index contributed by atoms with van der Waals surface area (Å²) in [7, 11) is 1.76. The molecule has 0 aliphatic carbocycles. The highest BCUT2D eigenvalue weighted by molar-refractivity contribution is 14.0. The largest absolute Gasteiger partial charge is 0.444 e. The van der Waals surface area contributed by atoms with Crippen molar-refractivity contribution in [1.82, 2.24) is 15.5 Å². The summed E-state index contributed by atoms with van der Waals surface area (Å²) in [6, 6.07) is 0.219. The molecule has 1 aliphatic rings. The molecule has 1 amide bonds. The van der Waals surface area contributed by atoms with E-state index < -0.39 is 5.60 Å². The van der Waals surface area contributed by atoms with Gasteiger partial charge in [-0.3, -0.25) is 4.99 Å². The predicted octanol–water partition coefficient (Wildman–Crippen LogP) is 2.53. The second-order valence-corrected chi connectivity index (χ2v) is 8.63. The van der Waals surface area contributed by atoms with E-state index in [1.807, 2.05) is 32.5 Å². The number of rotatable bonds is 4. The summed E-state index contributed by atoms with van der Waals surface area (Å²) in [5, 5.41) is 6.65. The second-order valence-electron chi connectivity index (χ2n) is 7.12. The van der Waals surface area contributed by atoms with Crippen LogP contribution in [0, 0.1) is 0 Å². The zero-order valence-corrected chi connectivity index (χ0v) is 18.4. The highest BCUT2D eigenvalue weighted by Crippen LogP contribution is 2.19. The monoisotopic (exact) mass is 458 g/mol. The average Bonchev–Trinajstić information content (AvgIpc) is 2.34. The molecule has 1 fully saturated rings. The lowest BCUT2D eigenvalue weighted by Gasteiger charge is -2.40. The molecule has 1 aliphatic heterocycles. The first-order valence-corrected chi connectivity index (χ1v) is 8.79. The third kappa shape index (κ3) is 8.32. The van der Waals surface area contributed by atoms with Gasteiger partial charge in [0.1, 0.15) is 5.60 Å². The molecule has 0 aromatic carbocycles. The molecule has 0 atom stereocenters. The van der Waals surface area contributed by atoms with Crippen molar-refractivity contribution in [3.63, 3.8) is 0 Å². The Morgan fingerprint density at radius 2 is 1.87 bits per heavy atom. The number of guanidine groups is 1. The summed E-state index contributed by atoms with van der Waals surface area (Å²) in [6.45, 7) is 12.1. The number of hydrogen-bond acceptors (Lipinski definition) is 4. The number of nitrogens with one attached hydrogen (secondary N) is 2. The fraction of sp³-hybridized carbons (Fsp3) is 0.867. The molecule has 2 N–H and O–H groups in total. The molecular weight excluding hydrogens is 427 g/mol. The molecule has 1 saturated heterocycles. The van der Waals surface area contributed by atoms with Crippen molar-refractivity contribution in [2.45, 2.75) is 51.0 Å². The van der Waals surface area contributed by atoms with Gasteiger partial charge >= 0.3 is 6.09 Å². The first-order chi connectivity index (χ1) is 10.1. The summed E-state index contributed by atoms with van der Waals surface area (Å²) in [6.07, 6.45) is 1.85. The maximum Gasteiger partial charge on any atom is 0.410 e. The van der Waals surface area contributed by atoms with E-state index in [2.05, 4.69) is 35.7 Å². The molecule has 0 saturated carbocycles. The van der Waals surface area contributed by atoms with E-state index in [0.717, 1.165) is 12.5 Å². The van der Waals surface area contributed by atoms with Crippen LogP contribution in [0.5, 0.6) is 0 Å². The molecule has 0 unspecified atom stereocenters. The van der Waals surface area contributed by atoms with Gasteiger partial charge in [-0.1, -0.05) is 0 Å². The van der Waals surface area contributed by atoms with E-state index in [1.54, 1.807) is 11.9 Å². The molecular formula is C15H31IN4O2S. The normalized spacial score (nSPS) is 16.3. The van der Waals surface area contributed by atoms with E-state index in [-0.39, 0.29) is 40.9 Å². The van der Waals surface area contributed by atoms with Gasteiger partial charge in [-0.2, -0.15) is 11.8 Å². The Kier molecular flexibility index (Phi) is 9.04. The van der Waals surface area contributed by atoms with Gasteiger partial charge in [-0.25, -0.2) is 4.79 Å². The predicted molar refractivity (Wildman–Crippen MR) is 109 cm³/mol. The van der Waals surface area contributed by atoms with Gasteiger partial charge in [0.05, 0.1) is 6.04 Å². The molecule has 1 rings (SSSR count). The molecule has 1 heterocycles. The quantitative estimate of drug-likeness (QED) is 0.385. The Bertz CT molecular complexity index is 418. The Morgan fingerprint density at radius 3 is 2.30 bits per heavy atom. The van der Waals surface area contributed by atoms with Crippen LogP contribution in [0.15, 0.2) is 4.99 Å². The highest BCUT2D eigenvalue weighted by Gasteiger charge is 2.34. The zero-order chi connectivity index (χ0) is 17.0. The van der Waals surface area contributed by atoms with Crippen molar-refractivity contribution >= 4 is 47.8 Å². The number of hydrogen-bond donors (Lipinski definition) is 2. The fourth-order valence-corrected chi connectivity index (χ4v) is 2.02. The topological polar surface area (TPSA) is 66.0 Å². The Labute approximate surface area is 161 Å². The van der Waals surface area contributed by atoms with Crippen LogP contribution in [-0.4, -0.2) is 66.3 Å². The maximum absolute atomic E-state index is 11.9. The van der Waals surface area contributed by atoms with E-state index in [9.17, 15) is 4.79 Å². The lowest BCUT2D eigenvalue weighted by Crippen LogP contribution is -2.63.